The molecule has 0 aromatic heterocycles. The molecule has 0 spiro atoms. The zero-order chi connectivity index (χ0) is 21.5. The zero-order valence-corrected chi connectivity index (χ0v) is 18.8. The van der Waals surface area contributed by atoms with Gasteiger partial charge in [0.2, 0.25) is 0 Å². The third-order valence-electron chi connectivity index (χ3n) is 9.71. The second kappa shape index (κ2) is 8.15. The van der Waals surface area contributed by atoms with Crippen molar-refractivity contribution in [2.24, 2.45) is 45.5 Å². The van der Waals surface area contributed by atoms with Crippen molar-refractivity contribution in [3.63, 3.8) is 0 Å². The molecule has 4 fully saturated rings. The molecule has 0 aliphatic heterocycles. The molecule has 5 nitrogen and oxygen atoms in total. The molecule has 30 heavy (non-hydrogen) atoms. The van der Waals surface area contributed by atoms with Crippen LogP contribution < -0.4 is 0 Å². The Balaban J connectivity index is 1.47. The second-order valence-electron chi connectivity index (χ2n) is 11.0. The van der Waals surface area contributed by atoms with E-state index in [4.69, 9.17) is 5.53 Å². The number of fused-ring (bicyclic) bond motifs is 5. The van der Waals surface area contributed by atoms with Crippen molar-refractivity contribution in [2.45, 2.75) is 91.0 Å². The van der Waals surface area contributed by atoms with Gasteiger partial charge in [0.25, 0.3) is 0 Å². The fraction of sp³-hybridized carbons (Fsp3) is 0.840. The predicted molar refractivity (Wildman–Crippen MR) is 118 cm³/mol. The van der Waals surface area contributed by atoms with Crippen LogP contribution in [-0.2, 0) is 9.59 Å². The minimum absolute atomic E-state index is 0.0304. The Morgan fingerprint density at radius 3 is 2.73 bits per heavy atom. The number of carbonyl (C=O) groups is 2. The van der Waals surface area contributed by atoms with E-state index < -0.39 is 0 Å². The lowest BCUT2D eigenvalue weighted by Crippen LogP contribution is -2.56. The fourth-order valence-corrected chi connectivity index (χ4v) is 7.81. The quantitative estimate of drug-likeness (QED) is 0.226. The first-order chi connectivity index (χ1) is 14.3. The molecular formula is C25H37N3O2. The largest absolute Gasteiger partial charge is 0.299 e. The number of carbonyl (C=O) groups excluding carboxylic acids is 2. The van der Waals surface area contributed by atoms with Gasteiger partial charge in [0, 0.05) is 35.1 Å². The highest BCUT2D eigenvalue weighted by Crippen LogP contribution is 2.65. The summed E-state index contributed by atoms with van der Waals surface area (Å²) < 4.78 is 0. The summed E-state index contributed by atoms with van der Waals surface area (Å²) in [5.41, 5.74) is 8.61. The van der Waals surface area contributed by atoms with Crippen LogP contribution in [0.2, 0.25) is 0 Å². The normalized spacial score (nSPS) is 44.2. The lowest BCUT2D eigenvalue weighted by molar-refractivity contribution is -0.157. The van der Waals surface area contributed by atoms with Gasteiger partial charge in [-0.25, -0.2) is 0 Å². The molecule has 164 valence electrons. The molecule has 5 heteroatoms. The highest BCUT2D eigenvalue weighted by Gasteiger charge is 2.62. The summed E-state index contributed by atoms with van der Waals surface area (Å²) in [5.74, 6) is 2.98. The van der Waals surface area contributed by atoms with E-state index in [-0.39, 0.29) is 22.8 Å². The maximum absolute atomic E-state index is 13.4. The van der Waals surface area contributed by atoms with Gasteiger partial charge in [-0.1, -0.05) is 38.0 Å². The molecule has 4 saturated carbocycles. The summed E-state index contributed by atoms with van der Waals surface area (Å²) in [6.07, 6.45) is 13.9. The molecule has 0 bridgehead atoms. The Bertz CT molecular complexity index is 785. The van der Waals surface area contributed by atoms with Crippen LogP contribution in [0.4, 0.5) is 0 Å². The SMILES string of the molecule is CCC(C/C=C\[C@@H]1CC[C@@]2(C)C(C1)C(=O)C[C@@H]1[C@@H]2CC[C@]2(C)C(=O)CC[C@@H]12)N=[N+]=[N-]. The third-order valence-corrected chi connectivity index (χ3v) is 9.71. The molecule has 4 rings (SSSR count). The first kappa shape index (κ1) is 21.6. The Labute approximate surface area is 180 Å². The minimum atomic E-state index is -0.160. The van der Waals surface area contributed by atoms with Crippen molar-refractivity contribution in [3.8, 4) is 0 Å². The predicted octanol–water partition coefficient (Wildman–Crippen LogP) is 6.43. The third kappa shape index (κ3) is 3.43. The first-order valence-electron chi connectivity index (χ1n) is 12.1. The topological polar surface area (TPSA) is 82.9 Å². The Kier molecular flexibility index (Phi) is 5.87. The average molecular weight is 412 g/mol. The highest BCUT2D eigenvalue weighted by molar-refractivity contribution is 5.88. The Morgan fingerprint density at radius 1 is 1.20 bits per heavy atom. The van der Waals surface area contributed by atoms with Gasteiger partial charge in [0.15, 0.2) is 0 Å². The average Bonchev–Trinajstić information content (AvgIpc) is 3.03. The molecule has 0 aromatic carbocycles. The Hall–Kier alpha value is -1.61. The molecule has 0 heterocycles. The summed E-state index contributed by atoms with van der Waals surface area (Å²) in [7, 11) is 0. The van der Waals surface area contributed by atoms with Crippen LogP contribution in [0.5, 0.6) is 0 Å². The summed E-state index contributed by atoms with van der Waals surface area (Å²) in [4.78, 5) is 28.9. The monoisotopic (exact) mass is 411 g/mol. The van der Waals surface area contributed by atoms with Crippen LogP contribution in [-0.4, -0.2) is 17.6 Å². The molecule has 0 saturated heterocycles. The molecule has 4 aliphatic carbocycles. The number of hydrogen-bond acceptors (Lipinski definition) is 3. The van der Waals surface area contributed by atoms with Crippen LogP contribution in [0, 0.1) is 40.4 Å². The molecule has 0 N–H and O–H groups in total. The standard InChI is InChI=1S/C25H37N3O2/c1-4-17(27-28-26)7-5-6-16-10-12-24(2)20-11-13-25(3)19(8-9-23(25)30)18(20)15-22(29)21(24)14-16/h5-6,16-21H,4,7-15H2,1-3H3/b6-5-/t16-,17?,18+,19+,20+,21?,24-,25+/m1/s1. The molecule has 4 aliphatic rings. The van der Waals surface area contributed by atoms with E-state index in [2.05, 4.69) is 36.0 Å². The molecule has 2 unspecified atom stereocenters. The van der Waals surface area contributed by atoms with Gasteiger partial charge in [-0.2, -0.15) is 0 Å². The van der Waals surface area contributed by atoms with Gasteiger partial charge in [-0.15, -0.1) is 0 Å². The van der Waals surface area contributed by atoms with Crippen LogP contribution in [0.15, 0.2) is 17.3 Å². The van der Waals surface area contributed by atoms with Gasteiger partial charge in [0.05, 0.1) is 0 Å². The van der Waals surface area contributed by atoms with Crippen molar-refractivity contribution >= 4 is 11.6 Å². The van der Waals surface area contributed by atoms with E-state index >= 15 is 0 Å². The number of allylic oxidation sites excluding steroid dienone is 1. The molecule has 0 amide bonds. The molecule has 8 atom stereocenters. The lowest BCUT2D eigenvalue weighted by atomic mass is 9.44. The summed E-state index contributed by atoms with van der Waals surface area (Å²) in [6, 6.07) is 0.0304. The van der Waals surface area contributed by atoms with E-state index in [1.807, 2.05) is 6.92 Å². The van der Waals surface area contributed by atoms with Gasteiger partial charge in [-0.05, 0) is 86.0 Å². The zero-order valence-electron chi connectivity index (χ0n) is 18.8. The number of hydrogen-bond donors (Lipinski definition) is 0. The van der Waals surface area contributed by atoms with E-state index in [9.17, 15) is 9.59 Å². The molecule has 0 aromatic rings. The summed E-state index contributed by atoms with van der Waals surface area (Å²) in [6.45, 7) is 6.62. The van der Waals surface area contributed by atoms with Crippen molar-refractivity contribution in [1.82, 2.24) is 0 Å². The van der Waals surface area contributed by atoms with Crippen LogP contribution in [0.25, 0.3) is 10.4 Å². The van der Waals surface area contributed by atoms with Gasteiger partial charge >= 0.3 is 0 Å². The van der Waals surface area contributed by atoms with Crippen molar-refractivity contribution < 1.29 is 9.59 Å². The number of ketones is 2. The lowest BCUT2D eigenvalue weighted by Gasteiger charge is -2.59. The van der Waals surface area contributed by atoms with Gasteiger partial charge in [0.1, 0.15) is 11.6 Å². The maximum atomic E-state index is 13.4. The maximum Gasteiger partial charge on any atom is 0.139 e. The second-order valence-corrected chi connectivity index (χ2v) is 11.0. The van der Waals surface area contributed by atoms with E-state index in [1.54, 1.807) is 0 Å². The molecule has 0 radical (unpaired) electrons. The van der Waals surface area contributed by atoms with Gasteiger partial charge in [-0.3, -0.25) is 9.59 Å². The van der Waals surface area contributed by atoms with Crippen LogP contribution in [0.3, 0.4) is 0 Å². The van der Waals surface area contributed by atoms with Crippen molar-refractivity contribution in [3.05, 3.63) is 22.6 Å². The van der Waals surface area contributed by atoms with Gasteiger partial charge < -0.3 is 0 Å². The van der Waals surface area contributed by atoms with Crippen LogP contribution in [0.1, 0.15) is 85.0 Å². The number of nitrogens with zero attached hydrogens (tertiary/aromatic N) is 3. The minimum Gasteiger partial charge on any atom is -0.299 e. The van der Waals surface area contributed by atoms with Crippen molar-refractivity contribution in [2.75, 3.05) is 0 Å². The Morgan fingerprint density at radius 2 is 2.00 bits per heavy atom. The number of rotatable bonds is 5. The smallest absolute Gasteiger partial charge is 0.139 e. The number of Topliss-reactive ketones (excluding diaryl/α,β-unsaturated/α-hetero) is 2. The molecular weight excluding hydrogens is 374 g/mol. The van der Waals surface area contributed by atoms with Crippen LogP contribution >= 0.6 is 0 Å². The highest BCUT2D eigenvalue weighted by atomic mass is 16.1. The van der Waals surface area contributed by atoms with E-state index in [0.717, 1.165) is 57.8 Å². The fourth-order valence-electron chi connectivity index (χ4n) is 7.81. The summed E-state index contributed by atoms with van der Waals surface area (Å²) >= 11 is 0. The summed E-state index contributed by atoms with van der Waals surface area (Å²) in [5, 5.41) is 3.85. The number of azide groups is 1. The van der Waals surface area contributed by atoms with E-state index in [0.29, 0.717) is 41.7 Å². The van der Waals surface area contributed by atoms with Crippen molar-refractivity contribution in [1.29, 1.82) is 0 Å². The van der Waals surface area contributed by atoms with E-state index in [1.165, 1.54) is 0 Å². The first-order valence-corrected chi connectivity index (χ1v) is 12.1.